The topological polar surface area (TPSA) is 42.7 Å². The van der Waals surface area contributed by atoms with E-state index in [0.29, 0.717) is 5.02 Å². The molecule has 0 bridgehead atoms. The van der Waals surface area contributed by atoms with Crippen LogP contribution in [0.3, 0.4) is 0 Å². The average Bonchev–Trinajstić information content (AvgIpc) is 2.67. The van der Waals surface area contributed by atoms with Gasteiger partial charge in [-0.2, -0.15) is 5.10 Å². The zero-order valence-corrected chi connectivity index (χ0v) is 9.78. The molecule has 0 aliphatic heterocycles. The first kappa shape index (κ1) is 11.0. The third-order valence-electron chi connectivity index (χ3n) is 2.35. The van der Waals surface area contributed by atoms with Gasteiger partial charge in [-0.15, -0.1) is 0 Å². The molecule has 0 unspecified atom stereocenters. The van der Waals surface area contributed by atoms with E-state index in [9.17, 15) is 0 Å². The molecule has 0 saturated heterocycles. The van der Waals surface area contributed by atoms with Crippen LogP contribution in [0.4, 0.5) is 5.82 Å². The monoisotopic (exact) mass is 236 g/mol. The molecule has 0 saturated carbocycles. The second kappa shape index (κ2) is 4.99. The number of aromatic nitrogens is 3. The van der Waals surface area contributed by atoms with Crippen LogP contribution >= 0.6 is 11.6 Å². The Bertz CT molecular complexity index is 467. The Kier molecular flexibility index (Phi) is 3.41. The Labute approximate surface area is 99.3 Å². The summed E-state index contributed by atoms with van der Waals surface area (Å²) in [6.07, 6.45) is 4.41. The largest absolute Gasteiger partial charge is 0.368 e. The minimum Gasteiger partial charge on any atom is -0.368 e. The predicted molar refractivity (Wildman–Crippen MR) is 64.6 cm³/mol. The first-order chi connectivity index (χ1) is 7.77. The fraction of sp³-hybridized carbons (Fsp3) is 0.273. The van der Waals surface area contributed by atoms with Gasteiger partial charge in [-0.1, -0.05) is 11.6 Å². The van der Waals surface area contributed by atoms with Crippen molar-refractivity contribution in [2.45, 2.75) is 6.42 Å². The van der Waals surface area contributed by atoms with Crippen LogP contribution in [0.1, 0.15) is 5.69 Å². The van der Waals surface area contributed by atoms with E-state index in [4.69, 9.17) is 11.6 Å². The first-order valence-corrected chi connectivity index (χ1v) is 5.46. The first-order valence-electron chi connectivity index (χ1n) is 5.08. The van der Waals surface area contributed by atoms with Gasteiger partial charge in [-0.3, -0.25) is 4.68 Å². The molecular formula is C11H13ClN4. The van der Waals surface area contributed by atoms with Crippen LogP contribution < -0.4 is 5.32 Å². The number of nitrogens with one attached hydrogen (secondary N) is 1. The molecule has 0 amide bonds. The van der Waals surface area contributed by atoms with Gasteiger partial charge in [-0.05, 0) is 18.2 Å². The van der Waals surface area contributed by atoms with Crippen LogP contribution in [0, 0.1) is 0 Å². The van der Waals surface area contributed by atoms with E-state index in [1.54, 1.807) is 12.4 Å². The Balaban J connectivity index is 1.89. The van der Waals surface area contributed by atoms with Crippen molar-refractivity contribution in [3.63, 3.8) is 0 Å². The second-order valence-corrected chi connectivity index (χ2v) is 3.86. The van der Waals surface area contributed by atoms with E-state index in [1.165, 1.54) is 5.69 Å². The van der Waals surface area contributed by atoms with Gasteiger partial charge in [0.05, 0.1) is 5.02 Å². The summed E-state index contributed by atoms with van der Waals surface area (Å²) in [7, 11) is 1.93. The molecule has 16 heavy (non-hydrogen) atoms. The predicted octanol–water partition coefficient (Wildman–Crippen LogP) is 2.12. The molecule has 0 aromatic carbocycles. The van der Waals surface area contributed by atoms with Gasteiger partial charge in [-0.25, -0.2) is 4.98 Å². The minimum atomic E-state index is 0.646. The maximum atomic E-state index is 5.97. The molecule has 84 valence electrons. The highest BCUT2D eigenvalue weighted by Gasteiger charge is 2.01. The van der Waals surface area contributed by atoms with Gasteiger partial charge in [0, 0.05) is 38.1 Å². The molecule has 2 heterocycles. The van der Waals surface area contributed by atoms with Crippen molar-refractivity contribution in [2.75, 3.05) is 11.9 Å². The van der Waals surface area contributed by atoms with Crippen LogP contribution in [0.2, 0.25) is 5.02 Å². The molecule has 2 rings (SSSR count). The van der Waals surface area contributed by atoms with E-state index in [1.807, 2.05) is 29.9 Å². The normalized spacial score (nSPS) is 10.4. The van der Waals surface area contributed by atoms with Gasteiger partial charge in [0.15, 0.2) is 0 Å². The molecule has 0 atom stereocenters. The lowest BCUT2D eigenvalue weighted by Crippen LogP contribution is -2.09. The van der Waals surface area contributed by atoms with E-state index >= 15 is 0 Å². The van der Waals surface area contributed by atoms with Crippen molar-refractivity contribution >= 4 is 17.4 Å². The van der Waals surface area contributed by atoms with Gasteiger partial charge in [0.1, 0.15) is 5.82 Å². The Morgan fingerprint density at radius 1 is 1.38 bits per heavy atom. The molecule has 1 N–H and O–H groups in total. The Morgan fingerprint density at radius 3 is 2.94 bits per heavy atom. The maximum absolute atomic E-state index is 5.97. The summed E-state index contributed by atoms with van der Waals surface area (Å²) in [5, 5.41) is 7.95. The third-order valence-corrected chi connectivity index (χ3v) is 2.66. The van der Waals surface area contributed by atoms with Crippen molar-refractivity contribution in [1.29, 1.82) is 0 Å². The van der Waals surface area contributed by atoms with E-state index in [0.717, 1.165) is 18.8 Å². The molecule has 0 spiro atoms. The second-order valence-electron chi connectivity index (χ2n) is 3.46. The van der Waals surface area contributed by atoms with Crippen LogP contribution in [-0.2, 0) is 13.5 Å². The SMILES string of the molecule is Cn1nccc1CCNc1ncccc1Cl. The minimum absolute atomic E-state index is 0.646. The third kappa shape index (κ3) is 2.52. The number of halogens is 1. The Morgan fingerprint density at radius 2 is 2.25 bits per heavy atom. The van der Waals surface area contributed by atoms with Crippen molar-refractivity contribution in [2.24, 2.45) is 7.05 Å². The standard InChI is InChI=1S/C11H13ClN4/c1-16-9(5-8-15-16)4-7-14-11-10(12)3-2-6-13-11/h2-3,5-6,8H,4,7H2,1H3,(H,13,14). The van der Waals surface area contributed by atoms with Crippen LogP contribution in [0.15, 0.2) is 30.6 Å². The summed E-state index contributed by atoms with van der Waals surface area (Å²) in [4.78, 5) is 4.15. The number of pyridine rings is 1. The van der Waals surface area contributed by atoms with E-state index in [-0.39, 0.29) is 0 Å². The lowest BCUT2D eigenvalue weighted by Gasteiger charge is -2.06. The number of hydrogen-bond donors (Lipinski definition) is 1. The van der Waals surface area contributed by atoms with Gasteiger partial charge in [0.2, 0.25) is 0 Å². The van der Waals surface area contributed by atoms with Crippen LogP contribution in [-0.4, -0.2) is 21.3 Å². The van der Waals surface area contributed by atoms with Crippen molar-refractivity contribution in [3.05, 3.63) is 41.3 Å². The van der Waals surface area contributed by atoms with Crippen molar-refractivity contribution < 1.29 is 0 Å². The van der Waals surface area contributed by atoms with Gasteiger partial charge < -0.3 is 5.32 Å². The fourth-order valence-electron chi connectivity index (χ4n) is 1.47. The highest BCUT2D eigenvalue weighted by molar-refractivity contribution is 6.32. The number of nitrogens with zero attached hydrogens (tertiary/aromatic N) is 3. The molecule has 0 radical (unpaired) electrons. The molecule has 0 aliphatic rings. The summed E-state index contributed by atoms with van der Waals surface area (Å²) in [6, 6.07) is 5.64. The number of anilines is 1. The smallest absolute Gasteiger partial charge is 0.144 e. The molecule has 4 nitrogen and oxygen atoms in total. The summed E-state index contributed by atoms with van der Waals surface area (Å²) < 4.78 is 1.86. The highest BCUT2D eigenvalue weighted by Crippen LogP contribution is 2.16. The van der Waals surface area contributed by atoms with E-state index < -0.39 is 0 Å². The van der Waals surface area contributed by atoms with Gasteiger partial charge in [0.25, 0.3) is 0 Å². The zero-order valence-electron chi connectivity index (χ0n) is 9.02. The maximum Gasteiger partial charge on any atom is 0.144 e. The molecule has 0 aliphatic carbocycles. The highest BCUT2D eigenvalue weighted by atomic mass is 35.5. The fourth-order valence-corrected chi connectivity index (χ4v) is 1.66. The number of aryl methyl sites for hydroxylation is 1. The van der Waals surface area contributed by atoms with E-state index in [2.05, 4.69) is 15.4 Å². The summed E-state index contributed by atoms with van der Waals surface area (Å²) >= 11 is 5.97. The summed E-state index contributed by atoms with van der Waals surface area (Å²) in [5.41, 5.74) is 1.18. The Hall–Kier alpha value is -1.55. The van der Waals surface area contributed by atoms with Crippen molar-refractivity contribution in [1.82, 2.24) is 14.8 Å². The molecule has 5 heteroatoms. The molecule has 2 aromatic rings. The lowest BCUT2D eigenvalue weighted by atomic mass is 10.3. The molecular weight excluding hydrogens is 224 g/mol. The quantitative estimate of drug-likeness (QED) is 0.884. The van der Waals surface area contributed by atoms with Gasteiger partial charge >= 0.3 is 0 Å². The molecule has 0 fully saturated rings. The van der Waals surface area contributed by atoms with Crippen LogP contribution in [0.5, 0.6) is 0 Å². The van der Waals surface area contributed by atoms with Crippen molar-refractivity contribution in [3.8, 4) is 0 Å². The van der Waals surface area contributed by atoms with Crippen LogP contribution in [0.25, 0.3) is 0 Å². The lowest BCUT2D eigenvalue weighted by molar-refractivity contribution is 0.711. The number of hydrogen-bond acceptors (Lipinski definition) is 3. The zero-order chi connectivity index (χ0) is 11.4. The number of rotatable bonds is 4. The summed E-state index contributed by atoms with van der Waals surface area (Å²) in [5.74, 6) is 0.728. The average molecular weight is 237 g/mol. The molecule has 2 aromatic heterocycles. The summed E-state index contributed by atoms with van der Waals surface area (Å²) in [6.45, 7) is 0.788.